The van der Waals surface area contributed by atoms with E-state index in [1.54, 1.807) is 4.90 Å². The smallest absolute Gasteiger partial charge is 0.242 e. The van der Waals surface area contributed by atoms with Crippen LogP contribution in [0.3, 0.4) is 0 Å². The van der Waals surface area contributed by atoms with Gasteiger partial charge in [0.2, 0.25) is 11.8 Å². The third-order valence-corrected chi connectivity index (χ3v) is 5.87. The van der Waals surface area contributed by atoms with Crippen LogP contribution in [0.2, 0.25) is 0 Å². The highest BCUT2D eigenvalue weighted by molar-refractivity contribution is 5.86. The minimum atomic E-state index is 0.0349. The molecule has 27 heavy (non-hydrogen) atoms. The Morgan fingerprint density at radius 3 is 2.96 bits per heavy atom. The second-order valence-corrected chi connectivity index (χ2v) is 7.85. The standard InChI is InChI=1S/C19H29N5O3/c1-2-22-7-5-20-17(22)11-21-8-15-9-24(16(10-21)14-27-13-15)19(26)12-23-6-3-4-18(23)25/h5,7,15-16H,2-4,6,8-14H2,1H3/t15-,16-/m0/s1. The van der Waals surface area contributed by atoms with E-state index in [1.165, 1.54) is 0 Å². The highest BCUT2D eigenvalue weighted by atomic mass is 16.5. The Morgan fingerprint density at radius 1 is 1.30 bits per heavy atom. The van der Waals surface area contributed by atoms with Gasteiger partial charge in [-0.1, -0.05) is 0 Å². The highest BCUT2D eigenvalue weighted by Gasteiger charge is 2.37. The number of hydrogen-bond donors (Lipinski definition) is 0. The summed E-state index contributed by atoms with van der Waals surface area (Å²) in [7, 11) is 0. The minimum Gasteiger partial charge on any atom is -0.379 e. The van der Waals surface area contributed by atoms with Crippen molar-refractivity contribution in [2.75, 3.05) is 45.9 Å². The van der Waals surface area contributed by atoms with Crippen molar-refractivity contribution >= 4 is 11.8 Å². The molecule has 1 aromatic heterocycles. The number of likely N-dealkylation sites (tertiary alicyclic amines) is 1. The van der Waals surface area contributed by atoms with Gasteiger partial charge in [0.1, 0.15) is 5.82 Å². The third-order valence-electron chi connectivity index (χ3n) is 5.87. The van der Waals surface area contributed by atoms with Gasteiger partial charge in [0, 0.05) is 57.5 Å². The second-order valence-electron chi connectivity index (χ2n) is 7.85. The van der Waals surface area contributed by atoms with Gasteiger partial charge >= 0.3 is 0 Å². The van der Waals surface area contributed by atoms with Crippen LogP contribution in [0, 0.1) is 5.92 Å². The summed E-state index contributed by atoms with van der Waals surface area (Å²) in [5, 5.41) is 0. The Morgan fingerprint density at radius 2 is 2.19 bits per heavy atom. The number of imidazole rings is 1. The number of aromatic nitrogens is 2. The monoisotopic (exact) mass is 375 g/mol. The summed E-state index contributed by atoms with van der Waals surface area (Å²) < 4.78 is 8.01. The number of aryl methyl sites for hydroxylation is 1. The van der Waals surface area contributed by atoms with Crippen LogP contribution in [0.5, 0.6) is 0 Å². The number of fused-ring (bicyclic) bond motifs is 3. The van der Waals surface area contributed by atoms with Gasteiger partial charge in [0.25, 0.3) is 0 Å². The molecule has 0 unspecified atom stereocenters. The molecule has 3 fully saturated rings. The van der Waals surface area contributed by atoms with Crippen LogP contribution >= 0.6 is 0 Å². The summed E-state index contributed by atoms with van der Waals surface area (Å²) in [6.07, 6.45) is 5.29. The largest absolute Gasteiger partial charge is 0.379 e. The molecule has 3 aliphatic rings. The lowest BCUT2D eigenvalue weighted by Crippen LogP contribution is -2.49. The molecule has 1 aromatic rings. The average molecular weight is 375 g/mol. The summed E-state index contributed by atoms with van der Waals surface area (Å²) in [6, 6.07) is 0.0349. The topological polar surface area (TPSA) is 70.9 Å². The summed E-state index contributed by atoms with van der Waals surface area (Å²) in [5.41, 5.74) is 0. The van der Waals surface area contributed by atoms with Gasteiger partial charge in [-0.3, -0.25) is 14.5 Å². The highest BCUT2D eigenvalue weighted by Crippen LogP contribution is 2.22. The van der Waals surface area contributed by atoms with Gasteiger partial charge in [-0.15, -0.1) is 0 Å². The first-order valence-corrected chi connectivity index (χ1v) is 10.0. The molecule has 3 aliphatic heterocycles. The molecule has 0 radical (unpaired) electrons. The number of carbonyl (C=O) groups excluding carboxylic acids is 2. The van der Waals surface area contributed by atoms with Crippen LogP contribution in [0.25, 0.3) is 0 Å². The van der Waals surface area contributed by atoms with Crippen molar-refractivity contribution in [1.29, 1.82) is 0 Å². The maximum absolute atomic E-state index is 13.0. The molecule has 4 rings (SSSR count). The van der Waals surface area contributed by atoms with Crippen molar-refractivity contribution in [2.24, 2.45) is 5.92 Å². The summed E-state index contributed by atoms with van der Waals surface area (Å²) in [5.74, 6) is 1.52. The van der Waals surface area contributed by atoms with Crippen LogP contribution in [0.1, 0.15) is 25.6 Å². The van der Waals surface area contributed by atoms with Gasteiger partial charge in [0.05, 0.1) is 32.3 Å². The van der Waals surface area contributed by atoms with Crippen molar-refractivity contribution in [3.8, 4) is 0 Å². The summed E-state index contributed by atoms with van der Waals surface area (Å²) in [4.78, 5) is 35.4. The van der Waals surface area contributed by atoms with Crippen molar-refractivity contribution in [3.63, 3.8) is 0 Å². The number of amides is 2. The van der Waals surface area contributed by atoms with E-state index in [-0.39, 0.29) is 24.4 Å². The molecular formula is C19H29N5O3. The zero-order valence-electron chi connectivity index (χ0n) is 16.0. The lowest BCUT2D eigenvalue weighted by Gasteiger charge is -2.32. The molecule has 8 nitrogen and oxygen atoms in total. The predicted octanol–water partition coefficient (Wildman–Crippen LogP) is 0.185. The fraction of sp³-hybridized carbons (Fsp3) is 0.737. The summed E-state index contributed by atoms with van der Waals surface area (Å²) >= 11 is 0. The van der Waals surface area contributed by atoms with Gasteiger partial charge in [0.15, 0.2) is 0 Å². The number of hydrogen-bond acceptors (Lipinski definition) is 5. The van der Waals surface area contributed by atoms with Crippen LogP contribution in [0.4, 0.5) is 0 Å². The number of nitrogens with zero attached hydrogens (tertiary/aromatic N) is 5. The van der Waals surface area contributed by atoms with Gasteiger partial charge < -0.3 is 19.1 Å². The van der Waals surface area contributed by atoms with E-state index in [0.29, 0.717) is 38.6 Å². The van der Waals surface area contributed by atoms with E-state index in [0.717, 1.165) is 38.4 Å². The Kier molecular flexibility index (Phi) is 5.45. The molecule has 3 saturated heterocycles. The SMILES string of the molecule is CCn1ccnc1CN1C[C@@H]2COC[C@H](C1)N(C(=O)CN1CCCC1=O)C2. The Balaban J connectivity index is 1.45. The molecule has 2 atom stereocenters. The molecule has 2 bridgehead atoms. The van der Waals surface area contributed by atoms with E-state index in [9.17, 15) is 9.59 Å². The van der Waals surface area contributed by atoms with E-state index >= 15 is 0 Å². The molecule has 148 valence electrons. The van der Waals surface area contributed by atoms with Gasteiger partial charge in [-0.2, -0.15) is 0 Å². The zero-order valence-corrected chi connectivity index (χ0v) is 16.0. The van der Waals surface area contributed by atoms with Crippen molar-refractivity contribution in [2.45, 2.75) is 38.9 Å². The van der Waals surface area contributed by atoms with E-state index in [2.05, 4.69) is 21.4 Å². The zero-order chi connectivity index (χ0) is 18.8. The molecule has 4 heterocycles. The minimum absolute atomic E-state index is 0.0349. The molecular weight excluding hydrogens is 346 g/mol. The van der Waals surface area contributed by atoms with Crippen LogP contribution in [-0.4, -0.2) is 88.0 Å². The third kappa shape index (κ3) is 4.01. The first kappa shape index (κ1) is 18.4. The Labute approximate surface area is 160 Å². The van der Waals surface area contributed by atoms with Crippen molar-refractivity contribution in [1.82, 2.24) is 24.3 Å². The maximum Gasteiger partial charge on any atom is 0.242 e. The van der Waals surface area contributed by atoms with E-state index < -0.39 is 0 Å². The molecule has 0 aliphatic carbocycles. The predicted molar refractivity (Wildman–Crippen MR) is 98.8 cm³/mol. The molecule has 0 N–H and O–H groups in total. The maximum atomic E-state index is 13.0. The quantitative estimate of drug-likeness (QED) is 0.735. The first-order chi connectivity index (χ1) is 13.1. The van der Waals surface area contributed by atoms with Gasteiger partial charge in [-0.05, 0) is 13.3 Å². The Bertz CT molecular complexity index is 691. The Hall–Kier alpha value is -1.93. The lowest BCUT2D eigenvalue weighted by atomic mass is 10.1. The van der Waals surface area contributed by atoms with E-state index in [1.807, 2.05) is 17.3 Å². The summed E-state index contributed by atoms with van der Waals surface area (Å²) in [6.45, 7) is 8.38. The van der Waals surface area contributed by atoms with Crippen molar-refractivity contribution in [3.05, 3.63) is 18.2 Å². The molecule has 8 heteroatoms. The van der Waals surface area contributed by atoms with E-state index in [4.69, 9.17) is 4.74 Å². The number of carbonyl (C=O) groups is 2. The molecule has 2 amide bonds. The molecule has 0 spiro atoms. The van der Waals surface area contributed by atoms with Crippen LogP contribution < -0.4 is 0 Å². The van der Waals surface area contributed by atoms with Crippen LogP contribution in [-0.2, 0) is 27.4 Å². The number of rotatable bonds is 5. The van der Waals surface area contributed by atoms with Gasteiger partial charge in [-0.25, -0.2) is 4.98 Å². The molecule has 0 aromatic carbocycles. The average Bonchev–Trinajstić information content (AvgIpc) is 3.14. The van der Waals surface area contributed by atoms with Crippen LogP contribution in [0.15, 0.2) is 12.4 Å². The fourth-order valence-corrected chi connectivity index (χ4v) is 4.48. The van der Waals surface area contributed by atoms with Crippen molar-refractivity contribution < 1.29 is 14.3 Å². The normalized spacial score (nSPS) is 26.5. The second kappa shape index (κ2) is 7.98. The first-order valence-electron chi connectivity index (χ1n) is 10.0. The molecule has 0 saturated carbocycles. The fourth-order valence-electron chi connectivity index (χ4n) is 4.48. The number of ether oxygens (including phenoxy) is 1. The lowest BCUT2D eigenvalue weighted by molar-refractivity contribution is -0.140.